The van der Waals surface area contributed by atoms with Gasteiger partial charge in [0.2, 0.25) is 0 Å². The quantitative estimate of drug-likeness (QED) is 0.210. The highest BCUT2D eigenvalue weighted by molar-refractivity contribution is 5.98. The molecule has 0 fully saturated rings. The number of benzene rings is 3. The minimum absolute atomic E-state index is 0.0542. The number of hydrogen-bond donors (Lipinski definition) is 0. The zero-order chi connectivity index (χ0) is 23.1. The van der Waals surface area contributed by atoms with Crippen molar-refractivity contribution in [2.75, 3.05) is 6.61 Å². The second-order valence-corrected chi connectivity index (χ2v) is 6.56. The number of Topliss-reactive ketones (excluding diaryl/α,β-unsaturated/α-hetero) is 1. The van der Waals surface area contributed by atoms with Crippen LogP contribution in [0.2, 0.25) is 0 Å². The number of carbonyl (C=O) groups excluding carboxylic acids is 2. The maximum absolute atomic E-state index is 12.2. The van der Waals surface area contributed by atoms with E-state index in [1.807, 2.05) is 0 Å². The first-order valence-electron chi connectivity index (χ1n) is 9.26. The molecule has 10 nitrogen and oxygen atoms in total. The maximum Gasteiger partial charge on any atom is 0.310 e. The van der Waals surface area contributed by atoms with Crippen LogP contribution in [0.4, 0.5) is 11.4 Å². The highest BCUT2D eigenvalue weighted by Gasteiger charge is 2.12. The van der Waals surface area contributed by atoms with Crippen molar-refractivity contribution in [3.8, 4) is 11.5 Å². The zero-order valence-corrected chi connectivity index (χ0v) is 16.5. The second kappa shape index (κ2) is 9.94. The zero-order valence-electron chi connectivity index (χ0n) is 16.5. The van der Waals surface area contributed by atoms with Gasteiger partial charge in [-0.05, 0) is 42.0 Å². The van der Waals surface area contributed by atoms with Crippen molar-refractivity contribution in [2.45, 2.75) is 6.42 Å². The molecule has 3 aromatic rings. The Morgan fingerprint density at radius 2 is 1.19 bits per heavy atom. The molecule has 3 rings (SSSR count). The molecule has 0 aliphatic carbocycles. The number of non-ortho nitro benzene ring substituents is 2. The summed E-state index contributed by atoms with van der Waals surface area (Å²) < 4.78 is 10.6. The van der Waals surface area contributed by atoms with Crippen LogP contribution in [-0.4, -0.2) is 28.2 Å². The Morgan fingerprint density at radius 1 is 0.719 bits per heavy atom. The molecule has 0 aromatic heterocycles. The summed E-state index contributed by atoms with van der Waals surface area (Å²) in [5, 5.41) is 21.3. The molecule has 0 spiro atoms. The van der Waals surface area contributed by atoms with Crippen molar-refractivity contribution in [3.63, 3.8) is 0 Å². The maximum atomic E-state index is 12.2. The molecule has 10 heteroatoms. The third-order valence-electron chi connectivity index (χ3n) is 4.32. The fourth-order valence-corrected chi connectivity index (χ4v) is 2.66. The lowest BCUT2D eigenvalue weighted by atomic mass is 10.1. The van der Waals surface area contributed by atoms with Crippen LogP contribution in [0.1, 0.15) is 15.9 Å². The van der Waals surface area contributed by atoms with E-state index < -0.39 is 28.2 Å². The normalized spacial score (nSPS) is 10.2. The van der Waals surface area contributed by atoms with Gasteiger partial charge in [-0.25, -0.2) is 0 Å². The number of nitro groups is 2. The molecular weight excluding hydrogens is 420 g/mol. The van der Waals surface area contributed by atoms with E-state index in [0.29, 0.717) is 22.6 Å². The average molecular weight is 436 g/mol. The van der Waals surface area contributed by atoms with Crippen molar-refractivity contribution < 1.29 is 28.9 Å². The Balaban J connectivity index is 1.50. The standard InChI is InChI=1S/C22H16N2O8/c25-21(14-31-22(26)13-15-1-5-17(6-2-15)23(27)28)16-3-9-19(10-4-16)32-20-11-7-18(8-12-20)24(29)30/h1-12H,13-14H2. The lowest BCUT2D eigenvalue weighted by Gasteiger charge is -2.07. The van der Waals surface area contributed by atoms with Crippen LogP contribution in [0, 0.1) is 20.2 Å². The first-order valence-corrected chi connectivity index (χ1v) is 9.26. The first kappa shape index (κ1) is 22.1. The molecule has 0 aliphatic rings. The van der Waals surface area contributed by atoms with E-state index in [1.54, 1.807) is 12.1 Å². The van der Waals surface area contributed by atoms with Gasteiger partial charge in [0.1, 0.15) is 11.5 Å². The minimum Gasteiger partial charge on any atom is -0.457 e. The topological polar surface area (TPSA) is 139 Å². The highest BCUT2D eigenvalue weighted by atomic mass is 16.6. The fraction of sp³-hybridized carbons (Fsp3) is 0.0909. The van der Waals surface area contributed by atoms with Gasteiger partial charge in [0.05, 0.1) is 16.3 Å². The van der Waals surface area contributed by atoms with Crippen LogP contribution in [0.25, 0.3) is 0 Å². The van der Waals surface area contributed by atoms with E-state index in [0.717, 1.165) is 0 Å². The molecular formula is C22H16N2O8. The molecule has 0 aliphatic heterocycles. The summed E-state index contributed by atoms with van der Waals surface area (Å²) >= 11 is 0. The van der Waals surface area contributed by atoms with Crippen LogP contribution in [0.3, 0.4) is 0 Å². The van der Waals surface area contributed by atoms with E-state index in [2.05, 4.69) is 0 Å². The van der Waals surface area contributed by atoms with Crippen LogP contribution in [-0.2, 0) is 16.0 Å². The number of ether oxygens (including phenoxy) is 2. The highest BCUT2D eigenvalue weighted by Crippen LogP contribution is 2.24. The Kier molecular flexibility index (Phi) is 6.86. The van der Waals surface area contributed by atoms with Gasteiger partial charge < -0.3 is 9.47 Å². The number of ketones is 1. The molecule has 0 bridgehead atoms. The number of rotatable bonds is 9. The summed E-state index contributed by atoms with van der Waals surface area (Å²) in [6, 6.07) is 17.1. The molecule has 0 unspecified atom stereocenters. The fourth-order valence-electron chi connectivity index (χ4n) is 2.66. The number of esters is 1. The lowest BCUT2D eigenvalue weighted by molar-refractivity contribution is -0.385. The predicted molar refractivity (Wildman–Crippen MR) is 112 cm³/mol. The van der Waals surface area contributed by atoms with Gasteiger partial charge in [-0.3, -0.25) is 29.8 Å². The second-order valence-electron chi connectivity index (χ2n) is 6.56. The molecule has 0 radical (unpaired) electrons. The van der Waals surface area contributed by atoms with Crippen molar-refractivity contribution in [2.24, 2.45) is 0 Å². The molecule has 32 heavy (non-hydrogen) atoms. The molecule has 0 saturated heterocycles. The molecule has 0 heterocycles. The van der Waals surface area contributed by atoms with Crippen molar-refractivity contribution >= 4 is 23.1 Å². The SMILES string of the molecule is O=C(Cc1ccc([N+](=O)[O-])cc1)OCC(=O)c1ccc(Oc2ccc([N+](=O)[O-])cc2)cc1. The monoisotopic (exact) mass is 436 g/mol. The Hall–Kier alpha value is -4.60. The van der Waals surface area contributed by atoms with E-state index >= 15 is 0 Å². The van der Waals surface area contributed by atoms with Crippen molar-refractivity contribution in [1.29, 1.82) is 0 Å². The smallest absolute Gasteiger partial charge is 0.310 e. The van der Waals surface area contributed by atoms with Crippen LogP contribution >= 0.6 is 0 Å². The van der Waals surface area contributed by atoms with Crippen LogP contribution in [0.15, 0.2) is 72.8 Å². The molecule has 0 atom stereocenters. The summed E-state index contributed by atoms with van der Waals surface area (Å²) in [5.74, 6) is -0.227. The van der Waals surface area contributed by atoms with Gasteiger partial charge in [0.25, 0.3) is 11.4 Å². The summed E-state index contributed by atoms with van der Waals surface area (Å²) in [6.45, 7) is -0.450. The molecule has 0 N–H and O–H groups in total. The third kappa shape index (κ3) is 5.95. The first-order chi connectivity index (χ1) is 15.3. The minimum atomic E-state index is -0.634. The lowest BCUT2D eigenvalue weighted by Crippen LogP contribution is -2.15. The number of carbonyl (C=O) groups is 2. The van der Waals surface area contributed by atoms with E-state index in [-0.39, 0.29) is 17.8 Å². The molecule has 0 amide bonds. The largest absolute Gasteiger partial charge is 0.457 e. The van der Waals surface area contributed by atoms with E-state index in [1.165, 1.54) is 60.7 Å². The number of nitrogens with zero attached hydrogens (tertiary/aromatic N) is 2. The van der Waals surface area contributed by atoms with Crippen molar-refractivity contribution in [1.82, 2.24) is 0 Å². The van der Waals surface area contributed by atoms with Gasteiger partial charge >= 0.3 is 5.97 Å². The van der Waals surface area contributed by atoms with Gasteiger partial charge in [0, 0.05) is 29.8 Å². The Labute approximate surface area is 181 Å². The summed E-state index contributed by atoms with van der Waals surface area (Å²) in [6.07, 6.45) is -0.118. The molecule has 162 valence electrons. The van der Waals surface area contributed by atoms with Crippen molar-refractivity contribution in [3.05, 3.63) is 104 Å². The summed E-state index contributed by atoms with van der Waals surface area (Å²) in [5.41, 5.74) is 0.699. The van der Waals surface area contributed by atoms with E-state index in [4.69, 9.17) is 9.47 Å². The number of hydrogen-bond acceptors (Lipinski definition) is 8. The molecule has 0 saturated carbocycles. The summed E-state index contributed by atoms with van der Waals surface area (Å²) in [7, 11) is 0. The van der Waals surface area contributed by atoms with Gasteiger partial charge in [-0.15, -0.1) is 0 Å². The van der Waals surface area contributed by atoms with E-state index in [9.17, 15) is 29.8 Å². The Morgan fingerprint density at radius 3 is 1.69 bits per heavy atom. The van der Waals surface area contributed by atoms with Gasteiger partial charge in [-0.1, -0.05) is 12.1 Å². The number of nitro benzene ring substituents is 2. The molecule has 3 aromatic carbocycles. The predicted octanol–water partition coefficient (Wildman–Crippen LogP) is 4.26. The third-order valence-corrected chi connectivity index (χ3v) is 4.32. The Bertz CT molecular complexity index is 1140. The van der Waals surface area contributed by atoms with Crippen LogP contribution in [0.5, 0.6) is 11.5 Å². The average Bonchev–Trinajstić information content (AvgIpc) is 2.78. The van der Waals surface area contributed by atoms with Crippen LogP contribution < -0.4 is 4.74 Å². The van der Waals surface area contributed by atoms with Gasteiger partial charge in [-0.2, -0.15) is 0 Å². The summed E-state index contributed by atoms with van der Waals surface area (Å²) in [4.78, 5) is 44.4. The van der Waals surface area contributed by atoms with Gasteiger partial charge in [0.15, 0.2) is 12.4 Å².